The van der Waals surface area contributed by atoms with E-state index in [0.29, 0.717) is 5.95 Å². The molecular formula is C9H8ClN3S. The molecule has 3 nitrogen and oxygen atoms in total. The second kappa shape index (κ2) is 3.94. The zero-order valence-electron chi connectivity index (χ0n) is 7.49. The third kappa shape index (κ3) is 1.86. The first kappa shape index (κ1) is 9.43. The minimum atomic E-state index is 0.622. The summed E-state index contributed by atoms with van der Waals surface area (Å²) in [7, 11) is 1.79. The highest BCUT2D eigenvalue weighted by molar-refractivity contribution is 7.19. The van der Waals surface area contributed by atoms with E-state index in [1.165, 1.54) is 11.3 Å². The molecule has 72 valence electrons. The summed E-state index contributed by atoms with van der Waals surface area (Å²) < 4.78 is 0.776. The van der Waals surface area contributed by atoms with Crippen LogP contribution in [0.1, 0.15) is 0 Å². The van der Waals surface area contributed by atoms with Crippen LogP contribution in [0.5, 0.6) is 0 Å². The van der Waals surface area contributed by atoms with Crippen molar-refractivity contribution in [2.24, 2.45) is 0 Å². The Morgan fingerprint density at radius 1 is 1.29 bits per heavy atom. The Morgan fingerprint density at radius 2 is 2.00 bits per heavy atom. The molecule has 0 aliphatic rings. The van der Waals surface area contributed by atoms with Crippen molar-refractivity contribution in [3.8, 4) is 10.4 Å². The molecule has 0 aliphatic heterocycles. The molecule has 0 aromatic carbocycles. The Labute approximate surface area is 90.8 Å². The van der Waals surface area contributed by atoms with Crippen LogP contribution >= 0.6 is 22.9 Å². The van der Waals surface area contributed by atoms with E-state index in [-0.39, 0.29) is 0 Å². The molecule has 0 fully saturated rings. The third-order valence-electron chi connectivity index (χ3n) is 1.73. The Balaban J connectivity index is 2.33. The SMILES string of the molecule is CNc1ncc(-c2ccc(Cl)s2)cn1. The molecule has 2 aromatic rings. The number of nitrogens with zero attached hydrogens (tertiary/aromatic N) is 2. The van der Waals surface area contributed by atoms with Crippen molar-refractivity contribution >= 4 is 28.9 Å². The molecule has 0 amide bonds. The summed E-state index contributed by atoms with van der Waals surface area (Å²) in [6, 6.07) is 3.83. The third-order valence-corrected chi connectivity index (χ3v) is 3.01. The average molecular weight is 226 g/mol. The summed E-state index contributed by atoms with van der Waals surface area (Å²) >= 11 is 7.35. The van der Waals surface area contributed by atoms with E-state index in [9.17, 15) is 0 Å². The fourth-order valence-corrected chi connectivity index (χ4v) is 2.07. The number of anilines is 1. The number of rotatable bonds is 2. The number of halogens is 1. The van der Waals surface area contributed by atoms with E-state index in [4.69, 9.17) is 11.6 Å². The van der Waals surface area contributed by atoms with Gasteiger partial charge in [-0.3, -0.25) is 0 Å². The van der Waals surface area contributed by atoms with Crippen molar-refractivity contribution in [2.45, 2.75) is 0 Å². The Bertz CT molecular complexity index is 424. The molecule has 2 rings (SSSR count). The summed E-state index contributed by atoms with van der Waals surface area (Å²) in [5.41, 5.74) is 0.987. The molecule has 5 heteroatoms. The van der Waals surface area contributed by atoms with E-state index in [1.54, 1.807) is 19.4 Å². The van der Waals surface area contributed by atoms with Gasteiger partial charge in [-0.05, 0) is 12.1 Å². The van der Waals surface area contributed by atoms with Crippen LogP contribution in [-0.4, -0.2) is 17.0 Å². The van der Waals surface area contributed by atoms with Crippen molar-refractivity contribution in [3.05, 3.63) is 28.9 Å². The van der Waals surface area contributed by atoms with Gasteiger partial charge in [0.25, 0.3) is 0 Å². The number of nitrogens with one attached hydrogen (secondary N) is 1. The second-order valence-corrected chi connectivity index (χ2v) is 4.36. The van der Waals surface area contributed by atoms with Crippen molar-refractivity contribution in [1.82, 2.24) is 9.97 Å². The molecule has 14 heavy (non-hydrogen) atoms. The highest BCUT2D eigenvalue weighted by Gasteiger charge is 2.02. The van der Waals surface area contributed by atoms with Gasteiger partial charge < -0.3 is 5.32 Å². The van der Waals surface area contributed by atoms with Crippen LogP contribution in [-0.2, 0) is 0 Å². The fraction of sp³-hybridized carbons (Fsp3) is 0.111. The molecule has 1 N–H and O–H groups in total. The number of hydrogen-bond acceptors (Lipinski definition) is 4. The molecule has 2 aromatic heterocycles. The van der Waals surface area contributed by atoms with Crippen molar-refractivity contribution < 1.29 is 0 Å². The predicted molar refractivity (Wildman–Crippen MR) is 59.9 cm³/mol. The first-order chi connectivity index (χ1) is 6.79. The van der Waals surface area contributed by atoms with Gasteiger partial charge in [0.15, 0.2) is 0 Å². The molecule has 0 atom stereocenters. The zero-order chi connectivity index (χ0) is 9.97. The van der Waals surface area contributed by atoms with Crippen LogP contribution in [0.15, 0.2) is 24.5 Å². The normalized spacial score (nSPS) is 10.1. The number of hydrogen-bond donors (Lipinski definition) is 1. The van der Waals surface area contributed by atoms with Gasteiger partial charge in [-0.2, -0.15) is 0 Å². The van der Waals surface area contributed by atoms with E-state index in [2.05, 4.69) is 15.3 Å². The number of aromatic nitrogens is 2. The Kier molecular flexibility index (Phi) is 2.65. The summed E-state index contributed by atoms with van der Waals surface area (Å²) in [5.74, 6) is 0.622. The summed E-state index contributed by atoms with van der Waals surface area (Å²) in [5, 5.41) is 2.87. The molecule has 0 unspecified atom stereocenters. The molecule has 0 bridgehead atoms. The van der Waals surface area contributed by atoms with Crippen molar-refractivity contribution in [1.29, 1.82) is 0 Å². The minimum absolute atomic E-state index is 0.622. The van der Waals surface area contributed by atoms with E-state index in [1.807, 2.05) is 12.1 Å². The first-order valence-corrected chi connectivity index (χ1v) is 5.24. The maximum atomic E-state index is 5.83. The molecule has 0 radical (unpaired) electrons. The lowest BCUT2D eigenvalue weighted by Gasteiger charge is -1.98. The monoisotopic (exact) mass is 225 g/mol. The maximum absolute atomic E-state index is 5.83. The lowest BCUT2D eigenvalue weighted by molar-refractivity contribution is 1.15. The quantitative estimate of drug-likeness (QED) is 0.854. The predicted octanol–water partition coefficient (Wildman–Crippen LogP) is 2.90. The van der Waals surface area contributed by atoms with Crippen LogP contribution in [0.3, 0.4) is 0 Å². The van der Waals surface area contributed by atoms with Gasteiger partial charge in [-0.15, -0.1) is 11.3 Å². The molecule has 2 heterocycles. The van der Waals surface area contributed by atoms with Gasteiger partial charge in [0, 0.05) is 29.9 Å². The minimum Gasteiger partial charge on any atom is -0.357 e. The van der Waals surface area contributed by atoms with Gasteiger partial charge >= 0.3 is 0 Å². The summed E-state index contributed by atoms with van der Waals surface area (Å²) in [4.78, 5) is 9.33. The topological polar surface area (TPSA) is 37.8 Å². The molecular weight excluding hydrogens is 218 g/mol. The fourth-order valence-electron chi connectivity index (χ4n) is 1.05. The maximum Gasteiger partial charge on any atom is 0.222 e. The van der Waals surface area contributed by atoms with Gasteiger partial charge in [-0.25, -0.2) is 9.97 Å². The van der Waals surface area contributed by atoms with Crippen LogP contribution < -0.4 is 5.32 Å². The van der Waals surface area contributed by atoms with E-state index in [0.717, 1.165) is 14.8 Å². The molecule has 0 saturated heterocycles. The second-order valence-electron chi connectivity index (χ2n) is 2.65. The zero-order valence-corrected chi connectivity index (χ0v) is 9.06. The lowest BCUT2D eigenvalue weighted by Crippen LogP contribution is -1.94. The number of thiophene rings is 1. The first-order valence-electron chi connectivity index (χ1n) is 4.05. The van der Waals surface area contributed by atoms with E-state index >= 15 is 0 Å². The van der Waals surface area contributed by atoms with E-state index < -0.39 is 0 Å². The van der Waals surface area contributed by atoms with Gasteiger partial charge in [0.05, 0.1) is 4.34 Å². The van der Waals surface area contributed by atoms with Crippen molar-refractivity contribution in [3.63, 3.8) is 0 Å². The lowest BCUT2D eigenvalue weighted by atomic mass is 10.3. The summed E-state index contributed by atoms with van der Waals surface area (Å²) in [6.07, 6.45) is 3.56. The molecule has 0 saturated carbocycles. The molecule has 0 aliphatic carbocycles. The van der Waals surface area contributed by atoms with Gasteiger partial charge in [-0.1, -0.05) is 11.6 Å². The largest absolute Gasteiger partial charge is 0.357 e. The standard InChI is InChI=1S/C9H8ClN3S/c1-11-9-12-4-6(5-13-9)7-2-3-8(10)14-7/h2-5H,1H3,(H,11,12,13). The van der Waals surface area contributed by atoms with Crippen molar-refractivity contribution in [2.75, 3.05) is 12.4 Å². The van der Waals surface area contributed by atoms with Gasteiger partial charge in [0.1, 0.15) is 0 Å². The highest BCUT2D eigenvalue weighted by atomic mass is 35.5. The Hall–Kier alpha value is -1.13. The Morgan fingerprint density at radius 3 is 2.50 bits per heavy atom. The smallest absolute Gasteiger partial charge is 0.222 e. The van der Waals surface area contributed by atoms with Crippen LogP contribution in [0.4, 0.5) is 5.95 Å². The van der Waals surface area contributed by atoms with Gasteiger partial charge in [0.2, 0.25) is 5.95 Å². The van der Waals surface area contributed by atoms with Crippen LogP contribution in [0.2, 0.25) is 4.34 Å². The van der Waals surface area contributed by atoms with Crippen LogP contribution in [0, 0.1) is 0 Å². The van der Waals surface area contributed by atoms with Crippen LogP contribution in [0.25, 0.3) is 10.4 Å². The summed E-state index contributed by atoms with van der Waals surface area (Å²) in [6.45, 7) is 0. The average Bonchev–Trinajstić information content (AvgIpc) is 2.65. The highest BCUT2D eigenvalue weighted by Crippen LogP contribution is 2.30. The molecule has 0 spiro atoms.